The lowest BCUT2D eigenvalue weighted by Gasteiger charge is -2.42. The van der Waals surface area contributed by atoms with Gasteiger partial charge in [-0.3, -0.25) is 0 Å². The standard InChI is InChI=1S/3C15H30O.4CH4/c3*1-14(2,3)10-11-7-8-13(16)12(9-11)15(4,5)6;;;;/h3*11-13,16H,7-10H2,1-6H3;4*1H4. The number of rotatable bonds is 3. The molecular formula is C49H106O3. The quantitative estimate of drug-likeness (QED) is 0.270. The third kappa shape index (κ3) is 23.1. The minimum absolute atomic E-state index is 0. The Balaban J connectivity index is -0.000000320. The largest absolute Gasteiger partial charge is 0.393 e. The zero-order valence-electron chi connectivity index (χ0n) is 36.0. The first-order valence-electron chi connectivity index (χ1n) is 20.3. The molecule has 3 aliphatic carbocycles. The van der Waals surface area contributed by atoms with E-state index in [4.69, 9.17) is 0 Å². The second-order valence-electron chi connectivity index (χ2n) is 24.0. The third-order valence-corrected chi connectivity index (χ3v) is 11.8. The van der Waals surface area contributed by atoms with Gasteiger partial charge in [0.05, 0.1) is 18.3 Å². The van der Waals surface area contributed by atoms with E-state index in [1.165, 1.54) is 57.8 Å². The van der Waals surface area contributed by atoms with Crippen LogP contribution in [0.2, 0.25) is 0 Å². The number of aliphatic hydroxyl groups is 3. The van der Waals surface area contributed by atoms with E-state index in [9.17, 15) is 15.3 Å². The van der Waals surface area contributed by atoms with E-state index in [1.54, 1.807) is 0 Å². The predicted octanol–water partition coefficient (Wildman–Crippen LogP) is 15.3. The fraction of sp³-hybridized carbons (Fsp3) is 1.00. The summed E-state index contributed by atoms with van der Waals surface area (Å²) in [6.45, 7) is 41.3. The Hall–Kier alpha value is -0.120. The van der Waals surface area contributed by atoms with Gasteiger partial charge < -0.3 is 15.3 Å². The van der Waals surface area contributed by atoms with Crippen molar-refractivity contribution >= 4 is 0 Å². The Kier molecular flexibility index (Phi) is 25.4. The van der Waals surface area contributed by atoms with Crippen molar-refractivity contribution in [3.8, 4) is 0 Å². The van der Waals surface area contributed by atoms with Crippen LogP contribution in [0.25, 0.3) is 0 Å². The molecule has 0 spiro atoms. The van der Waals surface area contributed by atoms with Crippen LogP contribution in [0.1, 0.15) is 231 Å². The molecule has 3 N–H and O–H groups in total. The highest BCUT2D eigenvalue weighted by atomic mass is 16.3. The first-order chi connectivity index (χ1) is 21.3. The Labute approximate surface area is 332 Å². The highest BCUT2D eigenvalue weighted by Crippen LogP contribution is 2.46. The molecule has 3 saturated carbocycles. The molecule has 3 rings (SSSR count). The summed E-state index contributed by atoms with van der Waals surface area (Å²) < 4.78 is 0. The topological polar surface area (TPSA) is 60.7 Å². The summed E-state index contributed by atoms with van der Waals surface area (Å²) in [5.74, 6) is 3.88. The van der Waals surface area contributed by atoms with E-state index in [0.717, 1.165) is 37.0 Å². The molecule has 52 heavy (non-hydrogen) atoms. The van der Waals surface area contributed by atoms with Gasteiger partial charge in [-0.1, -0.05) is 154 Å². The summed E-state index contributed by atoms with van der Waals surface area (Å²) in [7, 11) is 0. The highest BCUT2D eigenvalue weighted by molar-refractivity contribution is 4.90. The van der Waals surface area contributed by atoms with Gasteiger partial charge in [0.2, 0.25) is 0 Å². The van der Waals surface area contributed by atoms with E-state index in [-0.39, 0.29) is 64.3 Å². The van der Waals surface area contributed by atoms with Gasteiger partial charge in [-0.05, 0) is 145 Å². The number of hydrogen-bond acceptors (Lipinski definition) is 3. The molecule has 3 aliphatic rings. The molecule has 0 amide bonds. The van der Waals surface area contributed by atoms with Crippen LogP contribution in [-0.2, 0) is 0 Å². The van der Waals surface area contributed by atoms with Gasteiger partial charge in [-0.2, -0.15) is 0 Å². The van der Waals surface area contributed by atoms with Crippen LogP contribution in [0, 0.1) is 68.0 Å². The molecule has 0 aromatic heterocycles. The smallest absolute Gasteiger partial charge is 0.0573 e. The molecule has 3 heteroatoms. The van der Waals surface area contributed by atoms with Gasteiger partial charge in [0, 0.05) is 0 Å². The molecule has 320 valence electrons. The lowest BCUT2D eigenvalue weighted by atomic mass is 9.65. The van der Waals surface area contributed by atoms with Crippen molar-refractivity contribution in [2.75, 3.05) is 0 Å². The van der Waals surface area contributed by atoms with Gasteiger partial charge in [0.1, 0.15) is 0 Å². The van der Waals surface area contributed by atoms with Gasteiger partial charge in [-0.25, -0.2) is 0 Å². The summed E-state index contributed by atoms with van der Waals surface area (Å²) in [6.07, 6.45) is 14.0. The molecule has 9 atom stereocenters. The van der Waals surface area contributed by atoms with E-state index in [1.807, 2.05) is 0 Å². The monoisotopic (exact) mass is 743 g/mol. The first-order valence-corrected chi connectivity index (χ1v) is 20.3. The van der Waals surface area contributed by atoms with Crippen LogP contribution in [0.15, 0.2) is 0 Å². The van der Waals surface area contributed by atoms with E-state index < -0.39 is 0 Å². The second-order valence-corrected chi connectivity index (χ2v) is 24.0. The molecule has 0 aromatic rings. The molecular weight excluding hydrogens is 637 g/mol. The first kappa shape index (κ1) is 58.6. The van der Waals surface area contributed by atoms with Crippen LogP contribution in [0.4, 0.5) is 0 Å². The van der Waals surface area contributed by atoms with E-state index in [2.05, 4.69) is 125 Å². The fourth-order valence-corrected chi connectivity index (χ4v) is 9.67. The summed E-state index contributed by atoms with van der Waals surface area (Å²) in [6, 6.07) is 0. The van der Waals surface area contributed by atoms with Crippen molar-refractivity contribution in [1.82, 2.24) is 0 Å². The third-order valence-electron chi connectivity index (χ3n) is 11.8. The Morgan fingerprint density at radius 3 is 0.635 bits per heavy atom. The van der Waals surface area contributed by atoms with Crippen LogP contribution in [0.3, 0.4) is 0 Å². The lowest BCUT2D eigenvalue weighted by molar-refractivity contribution is -0.0148. The van der Waals surface area contributed by atoms with E-state index >= 15 is 0 Å². The molecule has 9 unspecified atom stereocenters. The van der Waals surface area contributed by atoms with Crippen molar-refractivity contribution < 1.29 is 15.3 Å². The zero-order valence-corrected chi connectivity index (χ0v) is 36.0. The Bertz CT molecular complexity index is 775. The fourth-order valence-electron chi connectivity index (χ4n) is 9.67. The Morgan fingerprint density at radius 2 is 0.500 bits per heavy atom. The molecule has 3 nitrogen and oxygen atoms in total. The summed E-state index contributed by atoms with van der Waals surface area (Å²) in [4.78, 5) is 0. The van der Waals surface area contributed by atoms with Gasteiger partial charge >= 0.3 is 0 Å². The maximum atomic E-state index is 10.1. The Morgan fingerprint density at radius 1 is 0.327 bits per heavy atom. The highest BCUT2D eigenvalue weighted by Gasteiger charge is 2.40. The summed E-state index contributed by atoms with van der Waals surface area (Å²) in [5.41, 5.74) is 2.02. The molecule has 0 heterocycles. The van der Waals surface area contributed by atoms with Crippen molar-refractivity contribution in [2.45, 2.75) is 250 Å². The van der Waals surface area contributed by atoms with Crippen LogP contribution < -0.4 is 0 Å². The molecule has 0 saturated heterocycles. The molecule has 0 radical (unpaired) electrons. The molecule has 0 bridgehead atoms. The summed E-state index contributed by atoms with van der Waals surface area (Å²) >= 11 is 0. The van der Waals surface area contributed by atoms with Gasteiger partial charge in [-0.15, -0.1) is 0 Å². The van der Waals surface area contributed by atoms with Gasteiger partial charge in [0.25, 0.3) is 0 Å². The van der Waals surface area contributed by atoms with Crippen LogP contribution in [0.5, 0.6) is 0 Å². The van der Waals surface area contributed by atoms with Gasteiger partial charge in [0.15, 0.2) is 0 Å². The summed E-state index contributed by atoms with van der Waals surface area (Å²) in [5, 5.41) is 30.4. The number of aliphatic hydroxyl groups excluding tert-OH is 3. The minimum Gasteiger partial charge on any atom is -0.393 e. The maximum absolute atomic E-state index is 10.1. The average Bonchev–Trinajstić information content (AvgIpc) is 2.84. The van der Waals surface area contributed by atoms with Crippen molar-refractivity contribution in [3.63, 3.8) is 0 Å². The SMILES string of the molecule is C.C.C.C.CC(C)(C)CC1CCC(O)C(C(C)(C)C)C1.CC(C)(C)CC1CCC(O)C(C(C)(C)C)C1.CC(C)(C)CC1CCC(O)C(C(C)(C)C)C1. The second kappa shape index (κ2) is 22.6. The van der Waals surface area contributed by atoms with Crippen molar-refractivity contribution in [2.24, 2.45) is 68.0 Å². The number of hydrogen-bond donors (Lipinski definition) is 3. The maximum Gasteiger partial charge on any atom is 0.0573 e. The molecule has 0 aromatic carbocycles. The van der Waals surface area contributed by atoms with Crippen LogP contribution >= 0.6 is 0 Å². The molecule has 0 aliphatic heterocycles. The lowest BCUT2D eigenvalue weighted by Crippen LogP contribution is -2.38. The average molecular weight is 743 g/mol. The normalized spacial score (nSPS) is 30.3. The minimum atomic E-state index is -0.0729. The predicted molar refractivity (Wildman–Crippen MR) is 238 cm³/mol. The van der Waals surface area contributed by atoms with Crippen molar-refractivity contribution in [3.05, 3.63) is 0 Å². The van der Waals surface area contributed by atoms with Crippen molar-refractivity contribution in [1.29, 1.82) is 0 Å². The van der Waals surface area contributed by atoms with E-state index in [0.29, 0.717) is 34.0 Å². The molecule has 3 fully saturated rings. The van der Waals surface area contributed by atoms with Crippen LogP contribution in [-0.4, -0.2) is 33.6 Å². The zero-order chi connectivity index (χ0) is 37.7.